The lowest BCUT2D eigenvalue weighted by Crippen LogP contribution is -1.92. The number of benzene rings is 1. The molecule has 0 saturated carbocycles. The van der Waals surface area contributed by atoms with Crippen molar-refractivity contribution in [1.82, 2.24) is 9.55 Å². The standard InChI is InChI=1S/C12H11F2N3S/c1-17-11-7-9(14)8(13)6-10(11)16-12(17)18-5-3-2-4-15/h6-7H,2-3,5H2,1H3. The largest absolute Gasteiger partial charge is 0.322 e. The van der Waals surface area contributed by atoms with Crippen LogP contribution in [0.2, 0.25) is 0 Å². The summed E-state index contributed by atoms with van der Waals surface area (Å²) < 4.78 is 27.9. The summed E-state index contributed by atoms with van der Waals surface area (Å²) in [5, 5.41) is 9.13. The molecule has 0 aliphatic carbocycles. The molecule has 0 bridgehead atoms. The lowest BCUT2D eigenvalue weighted by Gasteiger charge is -2.00. The Morgan fingerprint density at radius 1 is 1.39 bits per heavy atom. The minimum absolute atomic E-state index is 0.444. The summed E-state index contributed by atoms with van der Waals surface area (Å²) in [5.74, 6) is -0.997. The number of halogens is 2. The topological polar surface area (TPSA) is 41.6 Å². The molecule has 3 nitrogen and oxygen atoms in total. The van der Waals surface area contributed by atoms with Crippen molar-refractivity contribution in [1.29, 1.82) is 5.26 Å². The van der Waals surface area contributed by atoms with Crippen LogP contribution in [-0.4, -0.2) is 15.3 Å². The first-order valence-corrected chi connectivity index (χ1v) is 6.43. The lowest BCUT2D eigenvalue weighted by molar-refractivity contribution is 0.510. The normalized spacial score (nSPS) is 10.8. The predicted molar refractivity (Wildman–Crippen MR) is 66.2 cm³/mol. The molecule has 0 fully saturated rings. The van der Waals surface area contributed by atoms with Crippen LogP contribution in [0.1, 0.15) is 12.8 Å². The number of hydrogen-bond acceptors (Lipinski definition) is 3. The highest BCUT2D eigenvalue weighted by Crippen LogP contribution is 2.25. The molecule has 0 amide bonds. The summed E-state index contributed by atoms with van der Waals surface area (Å²) in [5.41, 5.74) is 1.01. The number of nitriles is 1. The zero-order valence-corrected chi connectivity index (χ0v) is 10.6. The molecular weight excluding hydrogens is 256 g/mol. The van der Waals surface area contributed by atoms with E-state index < -0.39 is 11.6 Å². The monoisotopic (exact) mass is 267 g/mol. The Labute approximate surface area is 107 Å². The zero-order chi connectivity index (χ0) is 13.1. The number of rotatable bonds is 4. The van der Waals surface area contributed by atoms with Gasteiger partial charge in [0.15, 0.2) is 16.8 Å². The van der Waals surface area contributed by atoms with E-state index in [9.17, 15) is 8.78 Å². The van der Waals surface area contributed by atoms with Gasteiger partial charge in [0.1, 0.15) is 0 Å². The first-order valence-electron chi connectivity index (χ1n) is 5.44. The number of hydrogen-bond donors (Lipinski definition) is 0. The molecule has 0 aliphatic rings. The van der Waals surface area contributed by atoms with Gasteiger partial charge in [0.05, 0.1) is 17.1 Å². The fourth-order valence-corrected chi connectivity index (χ4v) is 2.54. The second-order valence-corrected chi connectivity index (χ2v) is 4.88. The van der Waals surface area contributed by atoms with Gasteiger partial charge in [-0.25, -0.2) is 13.8 Å². The van der Waals surface area contributed by atoms with Crippen LogP contribution < -0.4 is 0 Å². The van der Waals surface area contributed by atoms with Crippen LogP contribution >= 0.6 is 11.8 Å². The van der Waals surface area contributed by atoms with E-state index in [1.807, 2.05) is 0 Å². The number of thioether (sulfide) groups is 1. The van der Waals surface area contributed by atoms with Crippen LogP contribution in [-0.2, 0) is 7.05 Å². The van der Waals surface area contributed by atoms with E-state index in [0.717, 1.165) is 24.3 Å². The third-order valence-electron chi connectivity index (χ3n) is 2.55. The second kappa shape index (κ2) is 5.36. The van der Waals surface area contributed by atoms with Crippen molar-refractivity contribution in [2.75, 3.05) is 5.75 Å². The highest BCUT2D eigenvalue weighted by atomic mass is 32.2. The Morgan fingerprint density at radius 3 is 2.83 bits per heavy atom. The quantitative estimate of drug-likeness (QED) is 0.630. The van der Waals surface area contributed by atoms with E-state index in [0.29, 0.717) is 22.6 Å². The van der Waals surface area contributed by atoms with Gasteiger partial charge in [0.2, 0.25) is 0 Å². The molecule has 2 rings (SSSR count). The summed E-state index contributed by atoms with van der Waals surface area (Å²) in [6.45, 7) is 0. The van der Waals surface area contributed by atoms with Crippen molar-refractivity contribution in [3.8, 4) is 6.07 Å². The first kappa shape index (κ1) is 12.8. The summed E-state index contributed by atoms with van der Waals surface area (Å²) >= 11 is 1.48. The second-order valence-electron chi connectivity index (χ2n) is 3.82. The average Bonchev–Trinajstić information content (AvgIpc) is 2.63. The van der Waals surface area contributed by atoms with Crippen LogP contribution in [0.5, 0.6) is 0 Å². The van der Waals surface area contributed by atoms with Gasteiger partial charge < -0.3 is 4.57 Å². The molecule has 0 radical (unpaired) electrons. The van der Waals surface area contributed by atoms with Crippen molar-refractivity contribution < 1.29 is 8.78 Å². The minimum atomic E-state index is -0.887. The molecule has 0 atom stereocenters. The van der Waals surface area contributed by atoms with Gasteiger partial charge in [-0.15, -0.1) is 0 Å². The number of fused-ring (bicyclic) bond motifs is 1. The Kier molecular flexibility index (Phi) is 3.82. The van der Waals surface area contributed by atoms with E-state index in [-0.39, 0.29) is 0 Å². The van der Waals surface area contributed by atoms with Gasteiger partial charge in [-0.3, -0.25) is 0 Å². The third kappa shape index (κ3) is 2.46. The number of imidazole rings is 1. The Bertz CT molecular complexity index is 616. The van der Waals surface area contributed by atoms with Crippen LogP contribution in [0.25, 0.3) is 11.0 Å². The summed E-state index contributed by atoms with van der Waals surface area (Å²) in [6.07, 6.45) is 1.27. The minimum Gasteiger partial charge on any atom is -0.322 e. The smallest absolute Gasteiger partial charge is 0.168 e. The molecule has 0 spiro atoms. The number of nitrogens with zero attached hydrogens (tertiary/aromatic N) is 3. The van der Waals surface area contributed by atoms with Crippen molar-refractivity contribution >= 4 is 22.8 Å². The fourth-order valence-electron chi connectivity index (χ4n) is 1.61. The highest BCUT2D eigenvalue weighted by molar-refractivity contribution is 7.99. The maximum Gasteiger partial charge on any atom is 0.168 e. The van der Waals surface area contributed by atoms with Crippen LogP contribution in [0, 0.1) is 23.0 Å². The SMILES string of the molecule is Cn1c(SCCCC#N)nc2cc(F)c(F)cc21. The van der Waals surface area contributed by atoms with Gasteiger partial charge in [0.25, 0.3) is 0 Å². The highest BCUT2D eigenvalue weighted by Gasteiger charge is 2.12. The van der Waals surface area contributed by atoms with Gasteiger partial charge in [-0.05, 0) is 6.42 Å². The third-order valence-corrected chi connectivity index (χ3v) is 3.66. The Hall–Kier alpha value is -1.61. The van der Waals surface area contributed by atoms with Gasteiger partial charge >= 0.3 is 0 Å². The van der Waals surface area contributed by atoms with E-state index >= 15 is 0 Å². The maximum absolute atomic E-state index is 13.1. The molecular formula is C12H11F2N3S. The van der Waals surface area contributed by atoms with Gasteiger partial charge in [0, 0.05) is 31.4 Å². The molecule has 18 heavy (non-hydrogen) atoms. The van der Waals surface area contributed by atoms with Crippen molar-refractivity contribution in [2.45, 2.75) is 18.0 Å². The van der Waals surface area contributed by atoms with Crippen molar-refractivity contribution in [3.63, 3.8) is 0 Å². The van der Waals surface area contributed by atoms with Crippen LogP contribution in [0.15, 0.2) is 17.3 Å². The van der Waals surface area contributed by atoms with Crippen LogP contribution in [0.4, 0.5) is 8.78 Å². The Balaban J connectivity index is 2.25. The fraction of sp³-hybridized carbons (Fsp3) is 0.333. The van der Waals surface area contributed by atoms with E-state index in [1.54, 1.807) is 11.6 Å². The molecule has 0 unspecified atom stereocenters. The maximum atomic E-state index is 13.1. The molecule has 94 valence electrons. The summed E-state index contributed by atoms with van der Waals surface area (Å²) in [6, 6.07) is 4.32. The summed E-state index contributed by atoms with van der Waals surface area (Å²) in [7, 11) is 1.76. The molecule has 2 aromatic rings. The number of unbranched alkanes of at least 4 members (excludes halogenated alkanes) is 1. The molecule has 1 aromatic heterocycles. The molecule has 6 heteroatoms. The summed E-state index contributed by atoms with van der Waals surface area (Å²) in [4.78, 5) is 4.25. The molecule has 0 saturated heterocycles. The molecule has 1 aromatic carbocycles. The number of aryl methyl sites for hydroxylation is 1. The average molecular weight is 267 g/mol. The number of aromatic nitrogens is 2. The van der Waals surface area contributed by atoms with Gasteiger partial charge in [-0.1, -0.05) is 11.8 Å². The van der Waals surface area contributed by atoms with E-state index in [4.69, 9.17) is 5.26 Å². The molecule has 0 aliphatic heterocycles. The molecule has 1 heterocycles. The van der Waals surface area contributed by atoms with E-state index in [1.165, 1.54) is 11.8 Å². The van der Waals surface area contributed by atoms with Crippen molar-refractivity contribution in [3.05, 3.63) is 23.8 Å². The lowest BCUT2D eigenvalue weighted by atomic mass is 10.3. The molecule has 0 N–H and O–H groups in total. The van der Waals surface area contributed by atoms with E-state index in [2.05, 4.69) is 11.1 Å². The van der Waals surface area contributed by atoms with Crippen LogP contribution in [0.3, 0.4) is 0 Å². The first-order chi connectivity index (χ1) is 8.63. The predicted octanol–water partition coefficient (Wildman–Crippen LogP) is 3.25. The van der Waals surface area contributed by atoms with Gasteiger partial charge in [-0.2, -0.15) is 5.26 Å². The zero-order valence-electron chi connectivity index (χ0n) is 9.78. The Morgan fingerprint density at radius 2 is 2.11 bits per heavy atom. The van der Waals surface area contributed by atoms with Crippen molar-refractivity contribution in [2.24, 2.45) is 7.05 Å².